The predicted molar refractivity (Wildman–Crippen MR) is 104 cm³/mol. The molecule has 0 spiro atoms. The van der Waals surface area contributed by atoms with E-state index in [0.717, 1.165) is 27.0 Å². The second-order valence-electron chi connectivity index (χ2n) is 5.54. The second-order valence-corrected chi connectivity index (χ2v) is 7.30. The van der Waals surface area contributed by atoms with Gasteiger partial charge in [0, 0.05) is 20.6 Å². The Morgan fingerprint density at radius 1 is 1.04 bits per heavy atom. The van der Waals surface area contributed by atoms with Crippen LogP contribution in [-0.2, 0) is 6.54 Å². The molecule has 2 heterocycles. The highest BCUT2D eigenvalue weighted by Crippen LogP contribution is 2.32. The highest BCUT2D eigenvalue weighted by atomic mass is 79.9. The van der Waals surface area contributed by atoms with Crippen molar-refractivity contribution < 1.29 is 0 Å². The van der Waals surface area contributed by atoms with Gasteiger partial charge < -0.3 is 0 Å². The maximum Gasteiger partial charge on any atom is 0.138 e. The molecule has 2 aromatic carbocycles. The molecule has 0 aliphatic rings. The van der Waals surface area contributed by atoms with Gasteiger partial charge >= 0.3 is 0 Å². The van der Waals surface area contributed by atoms with Gasteiger partial charge in [-0.2, -0.15) is 5.10 Å². The van der Waals surface area contributed by atoms with E-state index in [1.54, 1.807) is 29.3 Å². The normalized spacial score (nSPS) is 11.0. The van der Waals surface area contributed by atoms with Crippen LogP contribution in [0.4, 0.5) is 0 Å². The van der Waals surface area contributed by atoms with Crippen molar-refractivity contribution in [3.05, 3.63) is 75.1 Å². The Labute approximate surface area is 167 Å². The van der Waals surface area contributed by atoms with Crippen LogP contribution in [0.2, 0.25) is 10.0 Å². The van der Waals surface area contributed by atoms with Gasteiger partial charge in [0.15, 0.2) is 0 Å². The highest BCUT2D eigenvalue weighted by molar-refractivity contribution is 9.10. The van der Waals surface area contributed by atoms with E-state index < -0.39 is 0 Å². The monoisotopic (exact) mass is 448 g/mol. The van der Waals surface area contributed by atoms with Crippen LogP contribution in [0.3, 0.4) is 0 Å². The number of hydrogen-bond donors (Lipinski definition) is 0. The zero-order valence-electron chi connectivity index (χ0n) is 13.2. The molecule has 0 N–H and O–H groups in total. The topological polar surface area (TPSA) is 61.4 Å². The lowest BCUT2D eigenvalue weighted by Gasteiger charge is -2.12. The van der Waals surface area contributed by atoms with Crippen molar-refractivity contribution in [1.29, 1.82) is 0 Å². The molecule has 4 rings (SSSR count). The number of halogens is 3. The molecule has 9 heteroatoms. The zero-order valence-corrected chi connectivity index (χ0v) is 16.3. The third-order valence-electron chi connectivity index (χ3n) is 3.82. The first-order valence-corrected chi connectivity index (χ1v) is 9.16. The molecule has 0 saturated heterocycles. The molecule has 0 bridgehead atoms. The molecule has 0 saturated carbocycles. The third kappa shape index (κ3) is 3.38. The van der Waals surface area contributed by atoms with Gasteiger partial charge in [0.05, 0.1) is 29.1 Å². The fourth-order valence-electron chi connectivity index (χ4n) is 2.68. The summed E-state index contributed by atoms with van der Waals surface area (Å²) in [6, 6.07) is 13.3. The largest absolute Gasteiger partial charge is 0.231 e. The van der Waals surface area contributed by atoms with Crippen LogP contribution in [0.5, 0.6) is 0 Å². The minimum Gasteiger partial charge on any atom is -0.231 e. The first-order chi connectivity index (χ1) is 12.6. The molecule has 26 heavy (non-hydrogen) atoms. The van der Waals surface area contributed by atoms with Gasteiger partial charge in [-0.15, -0.1) is 5.10 Å². The maximum absolute atomic E-state index is 6.41. The van der Waals surface area contributed by atoms with E-state index in [0.29, 0.717) is 16.6 Å². The second kappa shape index (κ2) is 7.19. The van der Waals surface area contributed by atoms with Gasteiger partial charge in [0.2, 0.25) is 0 Å². The van der Waals surface area contributed by atoms with Crippen molar-refractivity contribution in [2.45, 2.75) is 6.54 Å². The van der Waals surface area contributed by atoms with Gasteiger partial charge in [-0.3, -0.25) is 0 Å². The van der Waals surface area contributed by atoms with Crippen LogP contribution >= 0.6 is 39.1 Å². The molecule has 0 fully saturated rings. The fourth-order valence-corrected chi connectivity index (χ4v) is 3.43. The molecular weight excluding hydrogens is 439 g/mol. The lowest BCUT2D eigenvalue weighted by atomic mass is 10.1. The Bertz CT molecular complexity index is 1040. The van der Waals surface area contributed by atoms with Gasteiger partial charge in [-0.25, -0.2) is 9.36 Å². The lowest BCUT2D eigenvalue weighted by molar-refractivity contribution is 0.649. The van der Waals surface area contributed by atoms with Crippen LogP contribution in [0.1, 0.15) is 5.56 Å². The number of rotatable bonds is 4. The van der Waals surface area contributed by atoms with Crippen molar-refractivity contribution in [2.24, 2.45) is 0 Å². The number of tetrazole rings is 1. The molecular formula is C17H11BrCl2N6. The standard InChI is InChI=1S/C17H11BrCl2N6/c18-13-3-1-11(2-4-13)17-12(9-25-10-21-23-24-25)8-22-26(17)16-6-5-14(19)7-15(16)20/h1-8,10H,9H2. The number of hydrogen-bond acceptors (Lipinski definition) is 4. The molecule has 4 aromatic rings. The lowest BCUT2D eigenvalue weighted by Crippen LogP contribution is -2.04. The van der Waals surface area contributed by atoms with Crippen molar-refractivity contribution in [3.8, 4) is 16.9 Å². The summed E-state index contributed by atoms with van der Waals surface area (Å²) in [6.45, 7) is 0.490. The van der Waals surface area contributed by atoms with Crippen molar-refractivity contribution in [2.75, 3.05) is 0 Å². The van der Waals surface area contributed by atoms with Gasteiger partial charge in [0.1, 0.15) is 6.33 Å². The molecule has 0 atom stereocenters. The highest BCUT2D eigenvalue weighted by Gasteiger charge is 2.17. The Morgan fingerprint density at radius 2 is 1.85 bits per heavy atom. The van der Waals surface area contributed by atoms with Gasteiger partial charge in [0.25, 0.3) is 0 Å². The molecule has 0 aliphatic heterocycles. The molecule has 130 valence electrons. The minimum atomic E-state index is 0.490. The summed E-state index contributed by atoms with van der Waals surface area (Å²) in [7, 11) is 0. The molecule has 0 radical (unpaired) electrons. The quantitative estimate of drug-likeness (QED) is 0.455. The van der Waals surface area contributed by atoms with Crippen LogP contribution in [0.15, 0.2) is 59.5 Å². The maximum atomic E-state index is 6.41. The molecule has 0 amide bonds. The Kier molecular flexibility index (Phi) is 4.76. The SMILES string of the molecule is Clc1ccc(-n2ncc(Cn3cnnn3)c2-c2ccc(Br)cc2)c(Cl)c1. The van der Waals surface area contributed by atoms with Crippen molar-refractivity contribution >= 4 is 39.1 Å². The average molecular weight is 450 g/mol. The van der Waals surface area contributed by atoms with E-state index in [1.165, 1.54) is 0 Å². The smallest absolute Gasteiger partial charge is 0.138 e. The molecule has 0 unspecified atom stereocenters. The van der Waals surface area contributed by atoms with Crippen LogP contribution in [-0.4, -0.2) is 30.0 Å². The summed E-state index contributed by atoms with van der Waals surface area (Å²) in [5.41, 5.74) is 3.62. The summed E-state index contributed by atoms with van der Waals surface area (Å²) in [4.78, 5) is 0. The Hall–Kier alpha value is -2.22. The third-order valence-corrected chi connectivity index (χ3v) is 4.89. The average Bonchev–Trinajstić information content (AvgIpc) is 3.26. The van der Waals surface area contributed by atoms with Crippen LogP contribution in [0.25, 0.3) is 16.9 Å². The molecule has 6 nitrogen and oxygen atoms in total. The van der Waals surface area contributed by atoms with E-state index in [4.69, 9.17) is 23.2 Å². The van der Waals surface area contributed by atoms with E-state index >= 15 is 0 Å². The minimum absolute atomic E-state index is 0.490. The first kappa shape index (κ1) is 17.2. The number of aromatic nitrogens is 6. The Morgan fingerprint density at radius 3 is 2.54 bits per heavy atom. The summed E-state index contributed by atoms with van der Waals surface area (Å²) >= 11 is 15.9. The van der Waals surface area contributed by atoms with E-state index in [2.05, 4.69) is 36.6 Å². The number of nitrogens with zero attached hydrogens (tertiary/aromatic N) is 6. The fraction of sp³-hybridized carbons (Fsp3) is 0.0588. The van der Waals surface area contributed by atoms with E-state index in [-0.39, 0.29) is 0 Å². The van der Waals surface area contributed by atoms with Crippen LogP contribution in [0, 0.1) is 0 Å². The van der Waals surface area contributed by atoms with Gasteiger partial charge in [-0.1, -0.05) is 51.3 Å². The van der Waals surface area contributed by atoms with Crippen molar-refractivity contribution in [1.82, 2.24) is 30.0 Å². The van der Waals surface area contributed by atoms with Crippen LogP contribution < -0.4 is 0 Å². The van der Waals surface area contributed by atoms with E-state index in [9.17, 15) is 0 Å². The summed E-state index contributed by atoms with van der Waals surface area (Å²) in [5, 5.41) is 17.0. The first-order valence-electron chi connectivity index (χ1n) is 7.61. The summed E-state index contributed by atoms with van der Waals surface area (Å²) in [6.07, 6.45) is 3.36. The zero-order chi connectivity index (χ0) is 18.1. The molecule has 2 aromatic heterocycles. The summed E-state index contributed by atoms with van der Waals surface area (Å²) < 4.78 is 4.45. The number of benzene rings is 2. The predicted octanol–water partition coefficient (Wildman–Crippen LogP) is 4.64. The molecule has 0 aliphatic carbocycles. The summed E-state index contributed by atoms with van der Waals surface area (Å²) in [5.74, 6) is 0. The van der Waals surface area contributed by atoms with Gasteiger partial charge in [-0.05, 0) is 40.8 Å². The van der Waals surface area contributed by atoms with Crippen molar-refractivity contribution in [3.63, 3.8) is 0 Å². The Balaban J connectivity index is 1.88. The van der Waals surface area contributed by atoms with E-state index in [1.807, 2.05) is 35.0 Å².